The number of carbonyl (C=O) groups excluding carboxylic acids is 1. The first-order chi connectivity index (χ1) is 5.72. The van der Waals surface area contributed by atoms with Gasteiger partial charge < -0.3 is 4.79 Å². The molecule has 1 rings (SSSR count). The van der Waals surface area contributed by atoms with Gasteiger partial charge >= 0.3 is 0 Å². The molecule has 0 aromatic heterocycles. The van der Waals surface area contributed by atoms with Gasteiger partial charge in [-0.05, 0) is 44.9 Å². The highest BCUT2D eigenvalue weighted by molar-refractivity contribution is 6.20. The summed E-state index contributed by atoms with van der Waals surface area (Å²) >= 11 is 5.91. The van der Waals surface area contributed by atoms with Crippen LogP contribution in [0.15, 0.2) is 0 Å². The number of alkyl halides is 1. The molecule has 0 heterocycles. The van der Waals surface area contributed by atoms with Crippen molar-refractivity contribution >= 4 is 17.9 Å². The third kappa shape index (κ3) is 3.14. The van der Waals surface area contributed by atoms with Gasteiger partial charge in [0.2, 0.25) is 0 Å². The van der Waals surface area contributed by atoms with Gasteiger partial charge in [0.25, 0.3) is 0 Å². The zero-order chi connectivity index (χ0) is 8.97. The highest BCUT2D eigenvalue weighted by atomic mass is 35.5. The molecule has 70 valence electrons. The number of hydrogen-bond donors (Lipinski definition) is 0. The predicted octanol–water partition coefficient (Wildman–Crippen LogP) is 3.01. The van der Waals surface area contributed by atoms with Crippen LogP contribution in [0, 0.1) is 11.8 Å². The Morgan fingerprint density at radius 1 is 1.42 bits per heavy atom. The van der Waals surface area contributed by atoms with Gasteiger partial charge in [0.15, 0.2) is 0 Å². The minimum atomic E-state index is 0.294. The second-order valence-electron chi connectivity index (χ2n) is 3.93. The van der Waals surface area contributed by atoms with Gasteiger partial charge in [-0.25, -0.2) is 0 Å². The van der Waals surface area contributed by atoms with Crippen LogP contribution in [0.4, 0.5) is 0 Å². The largest absolute Gasteiger partial charge is 0.303 e. The maximum atomic E-state index is 10.5. The Morgan fingerprint density at radius 2 is 2.00 bits per heavy atom. The van der Waals surface area contributed by atoms with Crippen molar-refractivity contribution in [2.75, 3.05) is 0 Å². The van der Waals surface area contributed by atoms with E-state index in [1.165, 1.54) is 12.8 Å². The van der Waals surface area contributed by atoms with Crippen molar-refractivity contribution in [3.63, 3.8) is 0 Å². The summed E-state index contributed by atoms with van der Waals surface area (Å²) in [6.07, 6.45) is 6.78. The molecule has 1 aliphatic rings. The molecule has 1 unspecified atom stereocenters. The fourth-order valence-corrected chi connectivity index (χ4v) is 2.27. The molecule has 0 amide bonds. The van der Waals surface area contributed by atoms with E-state index in [1.54, 1.807) is 0 Å². The topological polar surface area (TPSA) is 17.1 Å². The zero-order valence-electron chi connectivity index (χ0n) is 7.63. The SMILES string of the molecule is CC(Cl)CC1CCC(C=O)CC1. The highest BCUT2D eigenvalue weighted by Gasteiger charge is 2.21. The zero-order valence-corrected chi connectivity index (χ0v) is 8.39. The molecule has 0 aromatic carbocycles. The van der Waals surface area contributed by atoms with Crippen molar-refractivity contribution in [3.8, 4) is 0 Å². The van der Waals surface area contributed by atoms with Gasteiger partial charge in [-0.2, -0.15) is 0 Å². The third-order valence-corrected chi connectivity index (χ3v) is 2.92. The monoisotopic (exact) mass is 188 g/mol. The number of halogens is 1. The van der Waals surface area contributed by atoms with E-state index in [-0.39, 0.29) is 0 Å². The Balaban J connectivity index is 2.21. The molecule has 1 saturated carbocycles. The average molecular weight is 189 g/mol. The molecule has 0 N–H and O–H groups in total. The summed E-state index contributed by atoms with van der Waals surface area (Å²) in [5, 5.41) is 0.294. The molecule has 1 atom stereocenters. The van der Waals surface area contributed by atoms with Crippen molar-refractivity contribution in [2.45, 2.75) is 44.4 Å². The number of hydrogen-bond acceptors (Lipinski definition) is 1. The minimum Gasteiger partial charge on any atom is -0.303 e. The predicted molar refractivity (Wildman–Crippen MR) is 51.4 cm³/mol. The molecular weight excluding hydrogens is 172 g/mol. The van der Waals surface area contributed by atoms with Crippen molar-refractivity contribution in [1.82, 2.24) is 0 Å². The highest BCUT2D eigenvalue weighted by Crippen LogP contribution is 2.31. The summed E-state index contributed by atoms with van der Waals surface area (Å²) in [5.41, 5.74) is 0. The molecule has 1 aliphatic carbocycles. The maximum Gasteiger partial charge on any atom is 0.123 e. The quantitative estimate of drug-likeness (QED) is 0.492. The summed E-state index contributed by atoms with van der Waals surface area (Å²) in [6, 6.07) is 0. The first-order valence-corrected chi connectivity index (χ1v) is 5.25. The average Bonchev–Trinajstić information content (AvgIpc) is 2.05. The second-order valence-corrected chi connectivity index (χ2v) is 4.68. The summed E-state index contributed by atoms with van der Waals surface area (Å²) in [4.78, 5) is 10.5. The van der Waals surface area contributed by atoms with Gasteiger partial charge in [-0.3, -0.25) is 0 Å². The molecule has 0 aliphatic heterocycles. The van der Waals surface area contributed by atoms with Crippen LogP contribution in [-0.4, -0.2) is 11.7 Å². The Kier molecular flexibility index (Phi) is 4.07. The van der Waals surface area contributed by atoms with Crippen LogP contribution < -0.4 is 0 Å². The van der Waals surface area contributed by atoms with Crippen LogP contribution >= 0.6 is 11.6 Å². The van der Waals surface area contributed by atoms with Crippen LogP contribution in [0.2, 0.25) is 0 Å². The van der Waals surface area contributed by atoms with Crippen LogP contribution in [-0.2, 0) is 4.79 Å². The van der Waals surface area contributed by atoms with E-state index in [4.69, 9.17) is 11.6 Å². The van der Waals surface area contributed by atoms with Gasteiger partial charge in [-0.1, -0.05) is 0 Å². The van der Waals surface area contributed by atoms with Crippen LogP contribution in [0.5, 0.6) is 0 Å². The van der Waals surface area contributed by atoms with Crippen molar-refractivity contribution in [2.24, 2.45) is 11.8 Å². The smallest absolute Gasteiger partial charge is 0.123 e. The second kappa shape index (κ2) is 4.86. The first-order valence-electron chi connectivity index (χ1n) is 4.81. The molecule has 0 aromatic rings. The van der Waals surface area contributed by atoms with Gasteiger partial charge in [0.05, 0.1) is 0 Å². The number of aldehydes is 1. The molecule has 1 fully saturated rings. The number of rotatable bonds is 3. The normalized spacial score (nSPS) is 32.8. The lowest BCUT2D eigenvalue weighted by molar-refractivity contribution is -0.112. The standard InChI is InChI=1S/C10H17ClO/c1-8(11)6-9-2-4-10(7-12)5-3-9/h7-10H,2-6H2,1H3. The first kappa shape index (κ1) is 10.0. The fraction of sp³-hybridized carbons (Fsp3) is 0.900. The molecule has 2 heteroatoms. The van der Waals surface area contributed by atoms with Crippen molar-refractivity contribution in [1.29, 1.82) is 0 Å². The van der Waals surface area contributed by atoms with E-state index >= 15 is 0 Å². The summed E-state index contributed by atoms with van der Waals surface area (Å²) < 4.78 is 0. The number of carbonyl (C=O) groups is 1. The molecule has 0 saturated heterocycles. The van der Waals surface area contributed by atoms with Crippen LogP contribution in [0.3, 0.4) is 0 Å². The van der Waals surface area contributed by atoms with Crippen molar-refractivity contribution in [3.05, 3.63) is 0 Å². The van der Waals surface area contributed by atoms with Gasteiger partial charge in [-0.15, -0.1) is 11.6 Å². The lowest BCUT2D eigenvalue weighted by Gasteiger charge is -2.25. The fourth-order valence-electron chi connectivity index (χ4n) is 2.02. The lowest BCUT2D eigenvalue weighted by atomic mass is 9.81. The maximum absolute atomic E-state index is 10.5. The van der Waals surface area contributed by atoms with E-state index in [1.807, 2.05) is 6.92 Å². The summed E-state index contributed by atoms with van der Waals surface area (Å²) in [5.74, 6) is 1.11. The van der Waals surface area contributed by atoms with E-state index in [0.717, 1.165) is 31.5 Å². The summed E-state index contributed by atoms with van der Waals surface area (Å²) in [6.45, 7) is 2.05. The Labute approximate surface area is 79.5 Å². The van der Waals surface area contributed by atoms with E-state index < -0.39 is 0 Å². The Morgan fingerprint density at radius 3 is 2.42 bits per heavy atom. The molecular formula is C10H17ClO. The summed E-state index contributed by atoms with van der Waals surface area (Å²) in [7, 11) is 0. The van der Waals surface area contributed by atoms with Crippen molar-refractivity contribution < 1.29 is 4.79 Å². The van der Waals surface area contributed by atoms with Crippen LogP contribution in [0.25, 0.3) is 0 Å². The van der Waals surface area contributed by atoms with Gasteiger partial charge in [0, 0.05) is 11.3 Å². The Hall–Kier alpha value is -0.0400. The molecule has 12 heavy (non-hydrogen) atoms. The lowest BCUT2D eigenvalue weighted by Crippen LogP contribution is -2.17. The third-order valence-electron chi connectivity index (χ3n) is 2.74. The van der Waals surface area contributed by atoms with Crippen LogP contribution in [0.1, 0.15) is 39.0 Å². The molecule has 0 spiro atoms. The van der Waals surface area contributed by atoms with E-state index in [2.05, 4.69) is 0 Å². The molecule has 1 nitrogen and oxygen atoms in total. The Bertz CT molecular complexity index is 137. The van der Waals surface area contributed by atoms with Gasteiger partial charge in [0.1, 0.15) is 6.29 Å². The van der Waals surface area contributed by atoms with E-state index in [0.29, 0.717) is 11.3 Å². The van der Waals surface area contributed by atoms with E-state index in [9.17, 15) is 4.79 Å². The molecule has 0 bridgehead atoms. The minimum absolute atomic E-state index is 0.294. The molecule has 0 radical (unpaired) electrons.